The molecule has 1 atom stereocenters. The topological polar surface area (TPSA) is 81.3 Å². The Kier molecular flexibility index (Phi) is 3.55. The van der Waals surface area contributed by atoms with Crippen LogP contribution in [0.1, 0.15) is 18.1 Å². The first-order valence-corrected chi connectivity index (χ1v) is 6.02. The van der Waals surface area contributed by atoms with Crippen molar-refractivity contribution in [2.75, 3.05) is 0 Å². The smallest absolute Gasteiger partial charge is 0.340 e. The molecule has 2 N–H and O–H groups in total. The van der Waals surface area contributed by atoms with Crippen molar-refractivity contribution in [2.24, 2.45) is 0 Å². The van der Waals surface area contributed by atoms with Crippen molar-refractivity contribution in [3.8, 4) is 17.2 Å². The first kappa shape index (κ1) is 13.8. The zero-order valence-corrected chi connectivity index (χ0v) is 10.9. The van der Waals surface area contributed by atoms with Crippen molar-refractivity contribution in [3.63, 3.8) is 0 Å². The second kappa shape index (κ2) is 5.16. The number of rotatable bonds is 3. The number of aliphatic carboxylic acids is 1. The van der Waals surface area contributed by atoms with E-state index in [1.54, 1.807) is 36.4 Å². The third-order valence-electron chi connectivity index (χ3n) is 3.21. The number of carboxylic acid groups (broad SMARTS) is 1. The van der Waals surface area contributed by atoms with Gasteiger partial charge in [-0.25, -0.2) is 4.79 Å². The van der Waals surface area contributed by atoms with Crippen molar-refractivity contribution in [3.05, 3.63) is 59.7 Å². The van der Waals surface area contributed by atoms with Crippen molar-refractivity contribution in [2.45, 2.75) is 12.5 Å². The standard InChI is InChI=1S/C16H13NO3/c1-16(20,15(18)19)14-8-6-13(7-9-14)12-4-2-11(10-17)3-5-12/h2-9,20H,1H3,(H,18,19). The number of carboxylic acids is 1. The van der Waals surface area contributed by atoms with Gasteiger partial charge in [0.1, 0.15) is 0 Å². The van der Waals surface area contributed by atoms with Gasteiger partial charge in [-0.05, 0) is 35.7 Å². The van der Waals surface area contributed by atoms with E-state index in [-0.39, 0.29) is 0 Å². The quantitative estimate of drug-likeness (QED) is 0.895. The van der Waals surface area contributed by atoms with Gasteiger partial charge in [0.25, 0.3) is 0 Å². The summed E-state index contributed by atoms with van der Waals surface area (Å²) in [5.41, 5.74) is 0.815. The summed E-state index contributed by atoms with van der Waals surface area (Å²) in [6.45, 7) is 1.24. The lowest BCUT2D eigenvalue weighted by Gasteiger charge is -2.18. The highest BCUT2D eigenvalue weighted by Gasteiger charge is 2.31. The van der Waals surface area contributed by atoms with Gasteiger partial charge in [0.15, 0.2) is 5.60 Å². The summed E-state index contributed by atoms with van der Waals surface area (Å²) in [6.07, 6.45) is 0. The lowest BCUT2D eigenvalue weighted by Crippen LogP contribution is -2.31. The third kappa shape index (κ3) is 2.53. The van der Waals surface area contributed by atoms with E-state index in [1.165, 1.54) is 6.92 Å². The Labute approximate surface area is 116 Å². The van der Waals surface area contributed by atoms with Gasteiger partial charge in [-0.3, -0.25) is 0 Å². The average Bonchev–Trinajstić information content (AvgIpc) is 2.47. The van der Waals surface area contributed by atoms with Crippen LogP contribution in [0.25, 0.3) is 11.1 Å². The summed E-state index contributed by atoms with van der Waals surface area (Å²) in [4.78, 5) is 11.0. The van der Waals surface area contributed by atoms with Gasteiger partial charge in [0.05, 0.1) is 11.6 Å². The van der Waals surface area contributed by atoms with Crippen LogP contribution in [0.5, 0.6) is 0 Å². The Morgan fingerprint density at radius 1 is 1.05 bits per heavy atom. The van der Waals surface area contributed by atoms with Gasteiger partial charge in [-0.2, -0.15) is 5.26 Å². The molecule has 2 aromatic carbocycles. The van der Waals surface area contributed by atoms with Crippen LogP contribution in [0.4, 0.5) is 0 Å². The number of hydrogen-bond donors (Lipinski definition) is 2. The van der Waals surface area contributed by atoms with Gasteiger partial charge in [0, 0.05) is 0 Å². The van der Waals surface area contributed by atoms with Gasteiger partial charge < -0.3 is 10.2 Å². The van der Waals surface area contributed by atoms with Crippen LogP contribution in [-0.2, 0) is 10.4 Å². The molecule has 4 heteroatoms. The minimum atomic E-state index is -1.90. The summed E-state index contributed by atoms with van der Waals surface area (Å²) in [7, 11) is 0. The van der Waals surface area contributed by atoms with Crippen molar-refractivity contribution >= 4 is 5.97 Å². The van der Waals surface area contributed by atoms with E-state index in [2.05, 4.69) is 0 Å². The molecule has 0 aromatic heterocycles. The summed E-state index contributed by atoms with van der Waals surface area (Å²) in [5.74, 6) is -1.29. The molecule has 0 amide bonds. The average molecular weight is 267 g/mol. The fraction of sp³-hybridized carbons (Fsp3) is 0.125. The molecule has 0 heterocycles. The molecule has 2 aromatic rings. The number of benzene rings is 2. The summed E-state index contributed by atoms with van der Waals surface area (Å²) in [6, 6.07) is 15.8. The Morgan fingerprint density at radius 2 is 1.50 bits per heavy atom. The monoisotopic (exact) mass is 267 g/mol. The fourth-order valence-electron chi connectivity index (χ4n) is 1.85. The first-order valence-electron chi connectivity index (χ1n) is 6.02. The van der Waals surface area contributed by atoms with Crippen LogP contribution in [0.2, 0.25) is 0 Å². The maximum atomic E-state index is 11.0. The molecule has 0 fully saturated rings. The number of hydrogen-bond acceptors (Lipinski definition) is 3. The van der Waals surface area contributed by atoms with E-state index in [1.807, 2.05) is 18.2 Å². The SMILES string of the molecule is CC(O)(C(=O)O)c1ccc(-c2ccc(C#N)cc2)cc1. The number of aliphatic hydroxyl groups is 1. The van der Waals surface area contributed by atoms with E-state index < -0.39 is 11.6 Å². The van der Waals surface area contributed by atoms with E-state index in [0.717, 1.165) is 11.1 Å². The first-order chi connectivity index (χ1) is 9.45. The van der Waals surface area contributed by atoms with Crippen LogP contribution >= 0.6 is 0 Å². The van der Waals surface area contributed by atoms with Crippen LogP contribution in [-0.4, -0.2) is 16.2 Å². The Morgan fingerprint density at radius 3 is 1.90 bits per heavy atom. The molecule has 4 nitrogen and oxygen atoms in total. The van der Waals surface area contributed by atoms with Crippen molar-refractivity contribution in [1.82, 2.24) is 0 Å². The molecular formula is C16H13NO3. The predicted octanol–water partition coefficient (Wildman–Crippen LogP) is 2.52. The number of carbonyl (C=O) groups is 1. The molecule has 0 saturated carbocycles. The Balaban J connectivity index is 2.33. The van der Waals surface area contributed by atoms with Gasteiger partial charge in [0.2, 0.25) is 0 Å². The Bertz CT molecular complexity index is 664. The summed E-state index contributed by atoms with van der Waals surface area (Å²) in [5, 5.41) is 27.6. The number of nitrogens with zero attached hydrogens (tertiary/aromatic N) is 1. The second-order valence-electron chi connectivity index (χ2n) is 4.64. The molecule has 2 rings (SSSR count). The second-order valence-corrected chi connectivity index (χ2v) is 4.64. The predicted molar refractivity (Wildman–Crippen MR) is 73.8 cm³/mol. The maximum absolute atomic E-state index is 11.0. The fourth-order valence-corrected chi connectivity index (χ4v) is 1.85. The lowest BCUT2D eigenvalue weighted by atomic mass is 9.94. The van der Waals surface area contributed by atoms with Crippen LogP contribution in [0.3, 0.4) is 0 Å². The van der Waals surface area contributed by atoms with Crippen LogP contribution in [0.15, 0.2) is 48.5 Å². The van der Waals surface area contributed by atoms with Gasteiger partial charge in [-0.15, -0.1) is 0 Å². The Hall–Kier alpha value is -2.64. The largest absolute Gasteiger partial charge is 0.479 e. The van der Waals surface area contributed by atoms with E-state index in [0.29, 0.717) is 11.1 Å². The van der Waals surface area contributed by atoms with Crippen LogP contribution < -0.4 is 0 Å². The number of nitriles is 1. The zero-order valence-electron chi connectivity index (χ0n) is 10.9. The summed E-state index contributed by atoms with van der Waals surface area (Å²) < 4.78 is 0. The highest BCUT2D eigenvalue weighted by atomic mass is 16.4. The van der Waals surface area contributed by atoms with Crippen molar-refractivity contribution < 1.29 is 15.0 Å². The molecule has 0 radical (unpaired) electrons. The van der Waals surface area contributed by atoms with E-state index >= 15 is 0 Å². The summed E-state index contributed by atoms with van der Waals surface area (Å²) >= 11 is 0. The highest BCUT2D eigenvalue weighted by molar-refractivity contribution is 5.79. The molecule has 1 unspecified atom stereocenters. The molecule has 0 aliphatic rings. The minimum absolute atomic E-state index is 0.322. The molecular weight excluding hydrogens is 254 g/mol. The highest BCUT2D eigenvalue weighted by Crippen LogP contribution is 2.25. The molecule has 100 valence electrons. The molecule has 0 saturated heterocycles. The van der Waals surface area contributed by atoms with Gasteiger partial charge in [-0.1, -0.05) is 36.4 Å². The molecule has 0 bridgehead atoms. The molecule has 0 aliphatic heterocycles. The lowest BCUT2D eigenvalue weighted by molar-refractivity contribution is -0.157. The van der Waals surface area contributed by atoms with Crippen LogP contribution in [0, 0.1) is 11.3 Å². The van der Waals surface area contributed by atoms with Gasteiger partial charge >= 0.3 is 5.97 Å². The molecule has 20 heavy (non-hydrogen) atoms. The van der Waals surface area contributed by atoms with Crippen molar-refractivity contribution in [1.29, 1.82) is 5.26 Å². The van der Waals surface area contributed by atoms with E-state index in [9.17, 15) is 9.90 Å². The molecule has 0 spiro atoms. The zero-order chi connectivity index (χ0) is 14.8. The third-order valence-corrected chi connectivity index (χ3v) is 3.21. The molecule has 0 aliphatic carbocycles. The van der Waals surface area contributed by atoms with E-state index in [4.69, 9.17) is 10.4 Å². The minimum Gasteiger partial charge on any atom is -0.479 e. The normalized spacial score (nSPS) is 13.2. The maximum Gasteiger partial charge on any atom is 0.340 e.